The van der Waals surface area contributed by atoms with Crippen molar-refractivity contribution >= 4 is 5.57 Å². The van der Waals surface area contributed by atoms with Gasteiger partial charge >= 0.3 is 6.18 Å². The van der Waals surface area contributed by atoms with Gasteiger partial charge in [-0.3, -0.25) is 0 Å². The van der Waals surface area contributed by atoms with E-state index in [1.54, 1.807) is 12.1 Å². The van der Waals surface area contributed by atoms with Gasteiger partial charge in [-0.25, -0.2) is 0 Å². The highest BCUT2D eigenvalue weighted by Gasteiger charge is 2.43. The Hall–Kier alpha value is -1.25. The monoisotopic (exact) mass is 212 g/mol. The molecule has 2 rings (SSSR count). The van der Waals surface area contributed by atoms with Crippen LogP contribution in [0.5, 0.6) is 0 Å². The average molecular weight is 212 g/mol. The maximum Gasteiger partial charge on any atom is 0.395 e. The average Bonchev–Trinajstić information content (AvgIpc) is 2.16. The Morgan fingerprint density at radius 1 is 1.20 bits per heavy atom. The summed E-state index contributed by atoms with van der Waals surface area (Å²) in [5.41, 5.74) is 1.86. The first-order valence-electron chi connectivity index (χ1n) is 4.84. The number of hydrogen-bond donors (Lipinski definition) is 0. The van der Waals surface area contributed by atoms with E-state index in [0.29, 0.717) is 12.0 Å². The molecule has 3 heteroatoms. The predicted molar refractivity (Wildman–Crippen MR) is 53.3 cm³/mol. The molecule has 15 heavy (non-hydrogen) atoms. The molecule has 0 aliphatic heterocycles. The van der Waals surface area contributed by atoms with Gasteiger partial charge in [0.1, 0.15) is 0 Å². The number of benzene rings is 1. The lowest BCUT2D eigenvalue weighted by molar-refractivity contribution is -0.159. The first-order chi connectivity index (χ1) is 7.00. The molecule has 0 nitrogen and oxygen atoms in total. The van der Waals surface area contributed by atoms with Gasteiger partial charge in [-0.15, -0.1) is 0 Å². The lowest BCUT2D eigenvalue weighted by Crippen LogP contribution is -2.27. The Morgan fingerprint density at radius 3 is 2.53 bits per heavy atom. The number of rotatable bonds is 0. The SMILES string of the molecule is C=C1c2ccccc2CCC1C(F)(F)F. The fourth-order valence-electron chi connectivity index (χ4n) is 2.07. The van der Waals surface area contributed by atoms with Crippen molar-refractivity contribution in [3.8, 4) is 0 Å². The van der Waals surface area contributed by atoms with Crippen molar-refractivity contribution in [3.05, 3.63) is 42.0 Å². The van der Waals surface area contributed by atoms with Gasteiger partial charge in [0.2, 0.25) is 0 Å². The van der Waals surface area contributed by atoms with Crippen LogP contribution in [0, 0.1) is 5.92 Å². The molecule has 0 saturated carbocycles. The molecule has 1 aliphatic carbocycles. The first-order valence-corrected chi connectivity index (χ1v) is 4.84. The molecule has 0 radical (unpaired) electrons. The van der Waals surface area contributed by atoms with E-state index in [1.807, 2.05) is 12.1 Å². The zero-order chi connectivity index (χ0) is 11.1. The summed E-state index contributed by atoms with van der Waals surface area (Å²) in [5, 5.41) is 0. The van der Waals surface area contributed by atoms with Crippen LogP contribution in [0.25, 0.3) is 5.57 Å². The molecule has 0 aromatic heterocycles. The van der Waals surface area contributed by atoms with Crippen molar-refractivity contribution in [2.45, 2.75) is 19.0 Å². The third-order valence-electron chi connectivity index (χ3n) is 2.88. The third-order valence-corrected chi connectivity index (χ3v) is 2.88. The molecule has 80 valence electrons. The van der Waals surface area contributed by atoms with E-state index in [-0.39, 0.29) is 12.0 Å². The Morgan fingerprint density at radius 2 is 1.87 bits per heavy atom. The lowest BCUT2D eigenvalue weighted by atomic mass is 9.80. The Bertz CT molecular complexity index is 390. The number of allylic oxidation sites excluding steroid dienone is 1. The number of aryl methyl sites for hydroxylation is 1. The van der Waals surface area contributed by atoms with Crippen LogP contribution in [0.3, 0.4) is 0 Å². The predicted octanol–water partition coefficient (Wildman–Crippen LogP) is 3.82. The standard InChI is InChI=1S/C12H11F3/c1-8-10-5-3-2-4-9(10)6-7-11(8)12(13,14)15/h2-5,11H,1,6-7H2. The molecule has 0 bridgehead atoms. The molecule has 1 atom stereocenters. The van der Waals surface area contributed by atoms with Gasteiger partial charge < -0.3 is 0 Å². The van der Waals surface area contributed by atoms with Crippen molar-refractivity contribution in [2.24, 2.45) is 5.92 Å². The minimum absolute atomic E-state index is 0.124. The van der Waals surface area contributed by atoms with Crippen molar-refractivity contribution in [1.82, 2.24) is 0 Å². The van der Waals surface area contributed by atoms with Crippen molar-refractivity contribution in [2.75, 3.05) is 0 Å². The zero-order valence-corrected chi connectivity index (χ0v) is 8.14. The van der Waals surface area contributed by atoms with Crippen molar-refractivity contribution in [1.29, 1.82) is 0 Å². The van der Waals surface area contributed by atoms with Crippen LogP contribution >= 0.6 is 0 Å². The number of fused-ring (bicyclic) bond motifs is 1. The summed E-state index contributed by atoms with van der Waals surface area (Å²) in [6, 6.07) is 7.19. The van der Waals surface area contributed by atoms with E-state index in [1.165, 1.54) is 0 Å². The van der Waals surface area contributed by atoms with Crippen LogP contribution in [0.2, 0.25) is 0 Å². The molecule has 0 heterocycles. The topological polar surface area (TPSA) is 0 Å². The van der Waals surface area contributed by atoms with Crippen LogP contribution in [0.15, 0.2) is 30.8 Å². The van der Waals surface area contributed by atoms with Gasteiger partial charge in [-0.05, 0) is 29.5 Å². The van der Waals surface area contributed by atoms with Gasteiger partial charge in [0.25, 0.3) is 0 Å². The van der Waals surface area contributed by atoms with E-state index >= 15 is 0 Å². The minimum atomic E-state index is -4.16. The highest BCUT2D eigenvalue weighted by molar-refractivity contribution is 5.70. The fourth-order valence-corrected chi connectivity index (χ4v) is 2.07. The first kappa shape index (κ1) is 10.3. The third kappa shape index (κ3) is 1.78. The van der Waals surface area contributed by atoms with Crippen LogP contribution in [-0.4, -0.2) is 6.18 Å². The molecule has 0 spiro atoms. The highest BCUT2D eigenvalue weighted by Crippen LogP contribution is 2.43. The molecule has 0 N–H and O–H groups in total. The summed E-state index contributed by atoms with van der Waals surface area (Å²) < 4.78 is 37.9. The summed E-state index contributed by atoms with van der Waals surface area (Å²) in [7, 11) is 0. The quantitative estimate of drug-likeness (QED) is 0.613. The van der Waals surface area contributed by atoms with E-state index in [0.717, 1.165) is 5.56 Å². The molecular weight excluding hydrogens is 201 g/mol. The maximum absolute atomic E-state index is 12.6. The smallest absolute Gasteiger partial charge is 0.170 e. The summed E-state index contributed by atoms with van der Waals surface area (Å²) in [6.07, 6.45) is -3.55. The summed E-state index contributed by atoms with van der Waals surface area (Å²) in [4.78, 5) is 0. The Balaban J connectivity index is 2.38. The molecule has 1 aromatic carbocycles. The largest absolute Gasteiger partial charge is 0.395 e. The molecule has 0 saturated heterocycles. The highest BCUT2D eigenvalue weighted by atomic mass is 19.4. The molecule has 1 unspecified atom stereocenters. The van der Waals surface area contributed by atoms with E-state index in [2.05, 4.69) is 6.58 Å². The molecule has 0 fully saturated rings. The molecular formula is C12H11F3. The van der Waals surface area contributed by atoms with Gasteiger partial charge in [0.15, 0.2) is 0 Å². The second-order valence-electron chi connectivity index (χ2n) is 3.82. The van der Waals surface area contributed by atoms with Crippen LogP contribution in [0.4, 0.5) is 13.2 Å². The summed E-state index contributed by atoms with van der Waals surface area (Å²) in [5.74, 6) is -1.37. The van der Waals surface area contributed by atoms with Crippen LogP contribution < -0.4 is 0 Å². The number of hydrogen-bond acceptors (Lipinski definition) is 0. The molecule has 0 amide bonds. The minimum Gasteiger partial charge on any atom is -0.170 e. The fraction of sp³-hybridized carbons (Fsp3) is 0.333. The normalized spacial score (nSPS) is 21.3. The van der Waals surface area contributed by atoms with E-state index in [4.69, 9.17) is 0 Å². The maximum atomic E-state index is 12.6. The zero-order valence-electron chi connectivity index (χ0n) is 8.14. The van der Waals surface area contributed by atoms with Gasteiger partial charge in [0, 0.05) is 0 Å². The molecule has 1 aromatic rings. The Labute approximate surface area is 86.4 Å². The van der Waals surface area contributed by atoms with E-state index in [9.17, 15) is 13.2 Å². The van der Waals surface area contributed by atoms with Crippen LogP contribution in [-0.2, 0) is 6.42 Å². The van der Waals surface area contributed by atoms with Gasteiger partial charge in [0.05, 0.1) is 5.92 Å². The second-order valence-corrected chi connectivity index (χ2v) is 3.82. The molecule has 1 aliphatic rings. The lowest BCUT2D eigenvalue weighted by Gasteiger charge is -2.28. The number of alkyl halides is 3. The Kier molecular flexibility index (Phi) is 2.33. The van der Waals surface area contributed by atoms with Crippen molar-refractivity contribution < 1.29 is 13.2 Å². The number of halogens is 3. The van der Waals surface area contributed by atoms with Crippen molar-refractivity contribution in [3.63, 3.8) is 0 Å². The van der Waals surface area contributed by atoms with Crippen LogP contribution in [0.1, 0.15) is 17.5 Å². The van der Waals surface area contributed by atoms with E-state index < -0.39 is 12.1 Å². The summed E-state index contributed by atoms with van der Waals surface area (Å²) in [6.45, 7) is 3.58. The van der Waals surface area contributed by atoms with Gasteiger partial charge in [-0.2, -0.15) is 13.2 Å². The van der Waals surface area contributed by atoms with Gasteiger partial charge in [-0.1, -0.05) is 30.8 Å². The second kappa shape index (κ2) is 3.40. The summed E-state index contributed by atoms with van der Waals surface area (Å²) >= 11 is 0.